The number of amides is 1. The molecule has 0 aliphatic carbocycles. The summed E-state index contributed by atoms with van der Waals surface area (Å²) in [7, 11) is 0. The second-order valence-corrected chi connectivity index (χ2v) is 9.76. The summed E-state index contributed by atoms with van der Waals surface area (Å²) in [5, 5.41) is 6.39. The van der Waals surface area contributed by atoms with Crippen molar-refractivity contribution in [2.45, 2.75) is 26.9 Å². The molecule has 5 heterocycles. The van der Waals surface area contributed by atoms with Crippen LogP contribution in [0.25, 0.3) is 16.9 Å². The zero-order valence-corrected chi connectivity index (χ0v) is 22.2. The topological polar surface area (TPSA) is 87.0 Å². The van der Waals surface area contributed by atoms with E-state index >= 15 is 0 Å². The van der Waals surface area contributed by atoms with Gasteiger partial charge in [-0.3, -0.25) is 14.1 Å². The number of aromatic nitrogens is 3. The van der Waals surface area contributed by atoms with E-state index < -0.39 is 0 Å². The number of hydrogen-bond donors (Lipinski definition) is 2. The van der Waals surface area contributed by atoms with Crippen LogP contribution in [-0.4, -0.2) is 64.6 Å². The number of benzene rings is 1. The van der Waals surface area contributed by atoms with Crippen LogP contribution in [0.3, 0.4) is 0 Å². The van der Waals surface area contributed by atoms with Gasteiger partial charge >= 0.3 is 0 Å². The summed E-state index contributed by atoms with van der Waals surface area (Å²) < 4.78 is 21.1. The molecule has 1 saturated heterocycles. The van der Waals surface area contributed by atoms with Crippen molar-refractivity contribution in [1.82, 2.24) is 24.6 Å². The molecule has 2 aliphatic rings. The number of halogens is 1. The highest BCUT2D eigenvalue weighted by molar-refractivity contribution is 6.06. The molecule has 0 radical (unpaired) electrons. The normalized spacial score (nSPS) is 15.2. The van der Waals surface area contributed by atoms with E-state index in [1.54, 1.807) is 12.4 Å². The van der Waals surface area contributed by atoms with Gasteiger partial charge in [-0.1, -0.05) is 19.9 Å². The number of hydrogen-bond acceptors (Lipinski definition) is 7. The number of ether oxygens (including phenoxy) is 1. The van der Waals surface area contributed by atoms with Gasteiger partial charge in [-0.05, 0) is 42.9 Å². The number of pyridine rings is 2. The summed E-state index contributed by atoms with van der Waals surface area (Å²) >= 11 is 0. The zero-order chi connectivity index (χ0) is 26.9. The van der Waals surface area contributed by atoms with Crippen molar-refractivity contribution in [3.63, 3.8) is 0 Å². The molecule has 10 heteroatoms. The highest BCUT2D eigenvalue weighted by Gasteiger charge is 2.27. The molecule has 202 valence electrons. The number of nitrogens with zero attached hydrogens (tertiary/aromatic N) is 5. The first kappa shape index (κ1) is 25.3. The highest BCUT2D eigenvalue weighted by atomic mass is 19.1. The molecule has 1 amide bonds. The quantitative estimate of drug-likeness (QED) is 0.354. The predicted octanol–water partition coefficient (Wildman–Crippen LogP) is 4.20. The first-order valence-corrected chi connectivity index (χ1v) is 13.4. The SMILES string of the molecule is CCN(CC)Cc1nc(Nc2ccc(-c3cnc4cc(F)ccn34)c3c2C(=O)NC3)ccc1N1CCOCC1. The third-order valence-corrected chi connectivity index (χ3v) is 7.55. The van der Waals surface area contributed by atoms with Crippen molar-refractivity contribution in [3.8, 4) is 11.3 Å². The van der Waals surface area contributed by atoms with Gasteiger partial charge in [-0.25, -0.2) is 14.4 Å². The Morgan fingerprint density at radius 3 is 2.74 bits per heavy atom. The fourth-order valence-corrected chi connectivity index (χ4v) is 5.42. The third kappa shape index (κ3) is 4.81. The maximum Gasteiger partial charge on any atom is 0.254 e. The monoisotopic (exact) mass is 529 g/mol. The fraction of sp³-hybridized carbons (Fsp3) is 0.345. The van der Waals surface area contributed by atoms with Crippen molar-refractivity contribution in [2.24, 2.45) is 0 Å². The van der Waals surface area contributed by atoms with Crippen LogP contribution in [0.1, 0.15) is 35.5 Å². The summed E-state index contributed by atoms with van der Waals surface area (Å²) in [5.74, 6) is 0.213. The number of fused-ring (bicyclic) bond motifs is 2. The fourth-order valence-electron chi connectivity index (χ4n) is 5.42. The molecule has 0 bridgehead atoms. The maximum absolute atomic E-state index is 13.7. The minimum Gasteiger partial charge on any atom is -0.378 e. The highest BCUT2D eigenvalue weighted by Crippen LogP contribution is 2.36. The lowest BCUT2D eigenvalue weighted by molar-refractivity contribution is 0.0966. The molecule has 2 aliphatic heterocycles. The van der Waals surface area contributed by atoms with Gasteiger partial charge in [0.15, 0.2) is 0 Å². The van der Waals surface area contributed by atoms with E-state index in [2.05, 4.69) is 45.3 Å². The standard InChI is InChI=1S/C29H32FN7O2/c1-3-35(4-2)18-23-24(36-11-13-39-14-12-36)7-8-26(34-23)33-22-6-5-20(21-16-32-29(38)28(21)22)25-17-31-27-15-19(30)9-10-37(25)27/h5-10,15,17H,3-4,11-14,16,18H2,1-2H3,(H,32,38)(H,33,34). The second-order valence-electron chi connectivity index (χ2n) is 9.76. The Bertz CT molecular complexity index is 1530. The largest absolute Gasteiger partial charge is 0.378 e. The smallest absolute Gasteiger partial charge is 0.254 e. The Labute approximate surface area is 226 Å². The molecule has 9 nitrogen and oxygen atoms in total. The molecule has 2 N–H and O–H groups in total. The van der Waals surface area contributed by atoms with E-state index in [0.717, 1.165) is 60.9 Å². The van der Waals surface area contributed by atoms with Crippen molar-refractivity contribution in [1.29, 1.82) is 0 Å². The van der Waals surface area contributed by atoms with Crippen LogP contribution in [0.2, 0.25) is 0 Å². The van der Waals surface area contributed by atoms with Crippen molar-refractivity contribution in [2.75, 3.05) is 49.6 Å². The molecule has 1 fully saturated rings. The maximum atomic E-state index is 13.7. The van der Waals surface area contributed by atoms with Gasteiger partial charge in [0.25, 0.3) is 5.91 Å². The molecule has 4 aromatic rings. The second kappa shape index (κ2) is 10.6. The van der Waals surface area contributed by atoms with Crippen molar-refractivity contribution >= 4 is 28.7 Å². The molecule has 3 aromatic heterocycles. The van der Waals surface area contributed by atoms with Gasteiger partial charge in [0, 0.05) is 44.0 Å². The van der Waals surface area contributed by atoms with Gasteiger partial charge in [0.05, 0.1) is 47.7 Å². The van der Waals surface area contributed by atoms with E-state index in [1.165, 1.54) is 12.1 Å². The molecule has 0 atom stereocenters. The van der Waals surface area contributed by atoms with Gasteiger partial charge in [0.1, 0.15) is 17.3 Å². The van der Waals surface area contributed by atoms with Crippen molar-refractivity contribution < 1.29 is 13.9 Å². The molecular formula is C29H32FN7O2. The Hall–Kier alpha value is -4.02. The first-order valence-electron chi connectivity index (χ1n) is 13.4. The van der Waals surface area contributed by atoms with Crippen LogP contribution in [0, 0.1) is 5.82 Å². The van der Waals surface area contributed by atoms with Gasteiger partial charge < -0.3 is 20.3 Å². The molecule has 0 saturated carbocycles. The minimum absolute atomic E-state index is 0.137. The minimum atomic E-state index is -0.339. The summed E-state index contributed by atoms with van der Waals surface area (Å²) in [6.07, 6.45) is 3.37. The number of rotatable bonds is 8. The van der Waals surface area contributed by atoms with Crippen molar-refractivity contribution in [3.05, 3.63) is 71.4 Å². The molecule has 39 heavy (non-hydrogen) atoms. The number of carbonyl (C=O) groups excluding carboxylic acids is 1. The average molecular weight is 530 g/mol. The van der Waals surface area contributed by atoms with Crippen LogP contribution in [0.4, 0.5) is 21.6 Å². The molecule has 6 rings (SSSR count). The summed E-state index contributed by atoms with van der Waals surface area (Å²) in [6, 6.07) is 10.8. The number of nitrogens with one attached hydrogen (secondary N) is 2. The number of imidazole rings is 1. The van der Waals surface area contributed by atoms with Crippen LogP contribution in [0.15, 0.2) is 48.8 Å². The lowest BCUT2D eigenvalue weighted by Gasteiger charge is -2.31. The van der Waals surface area contributed by atoms with Crippen LogP contribution < -0.4 is 15.5 Å². The lowest BCUT2D eigenvalue weighted by atomic mass is 9.99. The van der Waals surface area contributed by atoms with Gasteiger partial charge in [-0.2, -0.15) is 0 Å². The third-order valence-electron chi connectivity index (χ3n) is 7.55. The Kier molecular flexibility index (Phi) is 6.88. The number of carbonyl (C=O) groups is 1. The Morgan fingerprint density at radius 2 is 1.95 bits per heavy atom. The predicted molar refractivity (Wildman–Crippen MR) is 149 cm³/mol. The Morgan fingerprint density at radius 1 is 1.13 bits per heavy atom. The average Bonchev–Trinajstić information content (AvgIpc) is 3.56. The van der Waals surface area contributed by atoms with E-state index in [-0.39, 0.29) is 11.7 Å². The first-order chi connectivity index (χ1) is 19.1. The molecule has 0 spiro atoms. The molecule has 0 unspecified atom stereocenters. The van der Waals surface area contributed by atoms with E-state index in [0.29, 0.717) is 42.5 Å². The van der Waals surface area contributed by atoms with E-state index in [4.69, 9.17) is 9.72 Å². The van der Waals surface area contributed by atoms with Crippen LogP contribution in [-0.2, 0) is 17.8 Å². The summed E-state index contributed by atoms with van der Waals surface area (Å²) in [4.78, 5) is 27.1. The summed E-state index contributed by atoms with van der Waals surface area (Å²) in [6.45, 7) is 10.4. The van der Waals surface area contributed by atoms with E-state index in [9.17, 15) is 9.18 Å². The van der Waals surface area contributed by atoms with Crippen LogP contribution >= 0.6 is 0 Å². The van der Waals surface area contributed by atoms with Gasteiger partial charge in [-0.15, -0.1) is 0 Å². The zero-order valence-electron chi connectivity index (χ0n) is 22.2. The Balaban J connectivity index is 1.36. The van der Waals surface area contributed by atoms with Gasteiger partial charge in [0.2, 0.25) is 0 Å². The molecule has 1 aromatic carbocycles. The molecular weight excluding hydrogens is 497 g/mol. The lowest BCUT2D eigenvalue weighted by Crippen LogP contribution is -2.37. The van der Waals surface area contributed by atoms with Crippen LogP contribution in [0.5, 0.6) is 0 Å². The number of morpholine rings is 1. The van der Waals surface area contributed by atoms with E-state index in [1.807, 2.05) is 22.6 Å². The summed E-state index contributed by atoms with van der Waals surface area (Å²) in [5.41, 5.74) is 6.50. The number of anilines is 3.